The van der Waals surface area contributed by atoms with Gasteiger partial charge in [0.2, 0.25) is 5.91 Å². The van der Waals surface area contributed by atoms with Crippen molar-refractivity contribution in [1.29, 1.82) is 0 Å². The van der Waals surface area contributed by atoms with Crippen LogP contribution in [0, 0.1) is 6.92 Å². The lowest BCUT2D eigenvalue weighted by Gasteiger charge is -2.33. The number of aromatic nitrogens is 4. The van der Waals surface area contributed by atoms with Crippen molar-refractivity contribution in [2.75, 3.05) is 6.54 Å². The summed E-state index contributed by atoms with van der Waals surface area (Å²) in [7, 11) is 0. The first kappa shape index (κ1) is 16.1. The Morgan fingerprint density at radius 3 is 2.87 bits per heavy atom. The Morgan fingerprint density at radius 1 is 1.43 bits per heavy atom. The minimum absolute atomic E-state index is 0.169. The molecule has 7 heteroatoms. The molecule has 3 rings (SSSR count). The molecule has 0 saturated heterocycles. The van der Waals surface area contributed by atoms with Gasteiger partial charge >= 0.3 is 0 Å². The van der Waals surface area contributed by atoms with Crippen molar-refractivity contribution < 1.29 is 4.79 Å². The SMILES string of the molecule is Cc1nc(CCC(=O)N2Cc3nnc(C(C)C)n3[C@@H](C)C2)cs1. The zero-order valence-electron chi connectivity index (χ0n) is 14.1. The van der Waals surface area contributed by atoms with E-state index in [0.29, 0.717) is 25.3 Å². The maximum atomic E-state index is 12.5. The lowest BCUT2D eigenvalue weighted by molar-refractivity contribution is -0.133. The van der Waals surface area contributed by atoms with E-state index in [-0.39, 0.29) is 11.9 Å². The monoisotopic (exact) mass is 333 g/mol. The molecule has 0 bridgehead atoms. The molecule has 1 aliphatic heterocycles. The van der Waals surface area contributed by atoms with Crippen LogP contribution < -0.4 is 0 Å². The van der Waals surface area contributed by atoms with Gasteiger partial charge in [0, 0.05) is 24.3 Å². The third kappa shape index (κ3) is 3.29. The molecule has 0 radical (unpaired) electrons. The molecule has 23 heavy (non-hydrogen) atoms. The number of rotatable bonds is 4. The molecule has 2 aromatic rings. The van der Waals surface area contributed by atoms with E-state index >= 15 is 0 Å². The van der Waals surface area contributed by atoms with Crippen LogP contribution >= 0.6 is 11.3 Å². The number of fused-ring (bicyclic) bond motifs is 1. The standard InChI is InChI=1S/C16H23N5OS/c1-10(2)16-19-18-14-8-20(7-11(3)21(14)16)15(22)6-5-13-9-23-12(4)17-13/h9-11H,5-8H2,1-4H3/t11-/m0/s1. The zero-order chi connectivity index (χ0) is 16.6. The average molecular weight is 333 g/mol. The number of nitrogens with zero attached hydrogens (tertiary/aromatic N) is 5. The van der Waals surface area contributed by atoms with Crippen LogP contribution in [-0.2, 0) is 17.8 Å². The predicted octanol–water partition coefficient (Wildman–Crippen LogP) is 2.70. The summed E-state index contributed by atoms with van der Waals surface area (Å²) in [4.78, 5) is 18.8. The summed E-state index contributed by atoms with van der Waals surface area (Å²) in [5.74, 6) is 2.42. The molecule has 0 aliphatic carbocycles. The molecule has 0 fully saturated rings. The first-order valence-corrected chi connectivity index (χ1v) is 8.96. The van der Waals surface area contributed by atoms with Crippen LogP contribution in [0.15, 0.2) is 5.38 Å². The molecule has 1 aliphatic rings. The first-order valence-electron chi connectivity index (χ1n) is 8.08. The van der Waals surface area contributed by atoms with Gasteiger partial charge in [-0.2, -0.15) is 0 Å². The quantitative estimate of drug-likeness (QED) is 0.863. The molecule has 0 spiro atoms. The Bertz CT molecular complexity index is 705. The third-order valence-corrected chi connectivity index (χ3v) is 5.00. The van der Waals surface area contributed by atoms with E-state index in [2.05, 4.69) is 40.5 Å². The summed E-state index contributed by atoms with van der Waals surface area (Å²) in [5.41, 5.74) is 1.01. The van der Waals surface area contributed by atoms with Crippen molar-refractivity contribution >= 4 is 17.2 Å². The van der Waals surface area contributed by atoms with E-state index in [1.165, 1.54) is 0 Å². The van der Waals surface area contributed by atoms with Gasteiger partial charge in [0.15, 0.2) is 5.82 Å². The Hall–Kier alpha value is -1.76. The van der Waals surface area contributed by atoms with Gasteiger partial charge in [-0.15, -0.1) is 21.5 Å². The maximum Gasteiger partial charge on any atom is 0.223 e. The number of carbonyl (C=O) groups excluding carboxylic acids is 1. The van der Waals surface area contributed by atoms with Crippen LogP contribution in [0.2, 0.25) is 0 Å². The van der Waals surface area contributed by atoms with Crippen molar-refractivity contribution in [3.63, 3.8) is 0 Å². The van der Waals surface area contributed by atoms with Gasteiger partial charge in [-0.25, -0.2) is 4.98 Å². The Kier molecular flexibility index (Phi) is 4.48. The van der Waals surface area contributed by atoms with Crippen LogP contribution in [0.4, 0.5) is 0 Å². The van der Waals surface area contributed by atoms with Gasteiger partial charge in [0.25, 0.3) is 0 Å². The Morgan fingerprint density at radius 2 is 2.22 bits per heavy atom. The number of thiazole rings is 1. The zero-order valence-corrected chi connectivity index (χ0v) is 14.9. The summed E-state index contributed by atoms with van der Waals surface area (Å²) < 4.78 is 2.19. The van der Waals surface area contributed by atoms with Crippen molar-refractivity contribution in [2.24, 2.45) is 0 Å². The molecule has 124 valence electrons. The highest BCUT2D eigenvalue weighted by atomic mass is 32.1. The number of hydrogen-bond acceptors (Lipinski definition) is 5. The van der Waals surface area contributed by atoms with Gasteiger partial charge in [0.1, 0.15) is 5.82 Å². The van der Waals surface area contributed by atoms with Gasteiger partial charge in [-0.1, -0.05) is 13.8 Å². The second-order valence-corrected chi connectivity index (χ2v) is 7.54. The van der Waals surface area contributed by atoms with Crippen molar-refractivity contribution in [2.45, 2.75) is 59.0 Å². The molecule has 0 saturated carbocycles. The molecular weight excluding hydrogens is 310 g/mol. The number of amides is 1. The smallest absolute Gasteiger partial charge is 0.223 e. The minimum atomic E-state index is 0.169. The van der Waals surface area contributed by atoms with Crippen LogP contribution in [0.25, 0.3) is 0 Å². The second-order valence-electron chi connectivity index (χ2n) is 6.48. The maximum absolute atomic E-state index is 12.5. The third-order valence-electron chi connectivity index (χ3n) is 4.18. The molecule has 0 aromatic carbocycles. The molecule has 6 nitrogen and oxygen atoms in total. The number of aryl methyl sites for hydroxylation is 2. The van der Waals surface area contributed by atoms with E-state index < -0.39 is 0 Å². The summed E-state index contributed by atoms with van der Waals surface area (Å²) in [5, 5.41) is 11.7. The van der Waals surface area contributed by atoms with E-state index in [1.807, 2.05) is 17.2 Å². The van der Waals surface area contributed by atoms with Crippen LogP contribution in [0.3, 0.4) is 0 Å². The Labute approximate surface area is 140 Å². The predicted molar refractivity (Wildman–Crippen MR) is 89.4 cm³/mol. The van der Waals surface area contributed by atoms with E-state index in [9.17, 15) is 4.79 Å². The summed E-state index contributed by atoms with van der Waals surface area (Å²) in [6.45, 7) is 9.64. The largest absolute Gasteiger partial charge is 0.333 e. The normalized spacial score (nSPS) is 17.6. The molecule has 0 unspecified atom stereocenters. The highest BCUT2D eigenvalue weighted by molar-refractivity contribution is 7.09. The number of carbonyl (C=O) groups is 1. The fraction of sp³-hybridized carbons (Fsp3) is 0.625. The van der Waals surface area contributed by atoms with E-state index in [4.69, 9.17) is 0 Å². The fourth-order valence-corrected chi connectivity index (χ4v) is 3.71. The average Bonchev–Trinajstić information content (AvgIpc) is 3.11. The summed E-state index contributed by atoms with van der Waals surface area (Å²) in [6.07, 6.45) is 1.21. The molecule has 3 heterocycles. The summed E-state index contributed by atoms with van der Waals surface area (Å²) in [6, 6.07) is 0.219. The lowest BCUT2D eigenvalue weighted by Crippen LogP contribution is -2.41. The molecule has 1 atom stereocenters. The summed E-state index contributed by atoms with van der Waals surface area (Å²) >= 11 is 1.63. The number of hydrogen-bond donors (Lipinski definition) is 0. The molecular formula is C16H23N5OS. The molecule has 2 aromatic heterocycles. The highest BCUT2D eigenvalue weighted by Gasteiger charge is 2.29. The van der Waals surface area contributed by atoms with Crippen LogP contribution in [0.5, 0.6) is 0 Å². The van der Waals surface area contributed by atoms with Crippen LogP contribution in [0.1, 0.15) is 61.5 Å². The Balaban J connectivity index is 1.66. The van der Waals surface area contributed by atoms with Crippen molar-refractivity contribution in [3.05, 3.63) is 27.7 Å². The second kappa shape index (κ2) is 6.39. The topological polar surface area (TPSA) is 63.9 Å². The minimum Gasteiger partial charge on any atom is -0.333 e. The van der Waals surface area contributed by atoms with Gasteiger partial charge < -0.3 is 9.47 Å². The fourth-order valence-electron chi connectivity index (χ4n) is 3.06. The van der Waals surface area contributed by atoms with Gasteiger partial charge in [-0.05, 0) is 20.3 Å². The van der Waals surface area contributed by atoms with Crippen molar-refractivity contribution in [3.8, 4) is 0 Å². The van der Waals surface area contributed by atoms with Crippen molar-refractivity contribution in [1.82, 2.24) is 24.6 Å². The van der Waals surface area contributed by atoms with E-state index in [1.54, 1.807) is 11.3 Å². The van der Waals surface area contributed by atoms with Crippen LogP contribution in [-0.4, -0.2) is 37.1 Å². The molecule has 0 N–H and O–H groups in total. The van der Waals surface area contributed by atoms with Gasteiger partial charge in [-0.3, -0.25) is 4.79 Å². The van der Waals surface area contributed by atoms with Gasteiger partial charge in [0.05, 0.1) is 23.3 Å². The molecule has 1 amide bonds. The first-order chi connectivity index (χ1) is 11.0. The highest BCUT2D eigenvalue weighted by Crippen LogP contribution is 2.25. The lowest BCUT2D eigenvalue weighted by atomic mass is 10.1. The van der Waals surface area contributed by atoms with E-state index in [0.717, 1.165) is 28.9 Å².